The van der Waals surface area contributed by atoms with Crippen LogP contribution in [-0.2, 0) is 0 Å². The smallest absolute Gasteiger partial charge is 0.119 e. The van der Waals surface area contributed by atoms with Gasteiger partial charge in [0, 0.05) is 11.1 Å². The van der Waals surface area contributed by atoms with Crippen molar-refractivity contribution in [3.63, 3.8) is 0 Å². The molecule has 1 aromatic carbocycles. The second kappa shape index (κ2) is 6.70. The second-order valence-corrected chi connectivity index (χ2v) is 3.86. The number of halogens is 1. The molecule has 0 fully saturated rings. The van der Waals surface area contributed by atoms with Gasteiger partial charge in [-0.25, -0.2) is 0 Å². The van der Waals surface area contributed by atoms with Crippen LogP contribution in [0.15, 0.2) is 24.3 Å². The van der Waals surface area contributed by atoms with E-state index in [1.54, 1.807) is 0 Å². The molecule has 0 heterocycles. The van der Waals surface area contributed by atoms with E-state index < -0.39 is 0 Å². The Morgan fingerprint density at radius 3 is 2.47 bits per heavy atom. The lowest BCUT2D eigenvalue weighted by Gasteiger charge is -2.16. The molecule has 1 aromatic rings. The Labute approximate surface area is 96.6 Å². The molecule has 0 bridgehead atoms. The highest BCUT2D eigenvalue weighted by Gasteiger charge is 2.04. The van der Waals surface area contributed by atoms with E-state index in [1.165, 1.54) is 0 Å². The first kappa shape index (κ1) is 12.3. The van der Waals surface area contributed by atoms with Crippen LogP contribution in [0.4, 0.5) is 0 Å². The Bertz CT molecular complexity index is 273. The van der Waals surface area contributed by atoms with Crippen LogP contribution in [0.3, 0.4) is 0 Å². The van der Waals surface area contributed by atoms with E-state index in [0.29, 0.717) is 12.6 Å². The number of ether oxygens (including phenoxy) is 1. The second-order valence-electron chi connectivity index (χ2n) is 3.43. The lowest BCUT2D eigenvalue weighted by atomic mass is 10.2. The van der Waals surface area contributed by atoms with Crippen molar-refractivity contribution < 1.29 is 4.74 Å². The van der Waals surface area contributed by atoms with Gasteiger partial charge in [-0.3, -0.25) is 0 Å². The molecular formula is C12H18ClNO. The molecular weight excluding hydrogens is 210 g/mol. The molecule has 0 saturated carbocycles. The summed E-state index contributed by atoms with van der Waals surface area (Å²) in [6.45, 7) is 5.93. The molecule has 0 aliphatic rings. The average Bonchev–Trinajstić information content (AvgIpc) is 2.26. The molecule has 2 nitrogen and oxygen atoms in total. The monoisotopic (exact) mass is 227 g/mol. The summed E-state index contributed by atoms with van der Waals surface area (Å²) in [5.74, 6) is 0.871. The number of hydrogen-bond donors (Lipinski definition) is 1. The highest BCUT2D eigenvalue weighted by molar-refractivity contribution is 6.30. The van der Waals surface area contributed by atoms with Crippen molar-refractivity contribution in [1.82, 2.24) is 5.32 Å². The average molecular weight is 228 g/mol. The maximum absolute atomic E-state index is 5.78. The number of likely N-dealkylation sites (N-methyl/N-ethyl adjacent to an activating group) is 1. The molecule has 1 unspecified atom stereocenters. The summed E-state index contributed by atoms with van der Waals surface area (Å²) in [7, 11) is 0. The summed E-state index contributed by atoms with van der Waals surface area (Å²) in [4.78, 5) is 0. The lowest BCUT2D eigenvalue weighted by Crippen LogP contribution is -2.33. The van der Waals surface area contributed by atoms with Crippen LogP contribution in [0.1, 0.15) is 20.3 Å². The Morgan fingerprint density at radius 2 is 1.93 bits per heavy atom. The first-order valence-corrected chi connectivity index (χ1v) is 5.75. The lowest BCUT2D eigenvalue weighted by molar-refractivity contribution is 0.262. The predicted molar refractivity (Wildman–Crippen MR) is 64.7 cm³/mol. The minimum atomic E-state index is 0.422. The van der Waals surface area contributed by atoms with E-state index in [1.807, 2.05) is 24.3 Å². The molecule has 1 rings (SSSR count). The summed E-state index contributed by atoms with van der Waals surface area (Å²) in [6.07, 6.45) is 1.07. The Hall–Kier alpha value is -0.730. The fraction of sp³-hybridized carbons (Fsp3) is 0.500. The fourth-order valence-corrected chi connectivity index (χ4v) is 1.46. The zero-order valence-electron chi connectivity index (χ0n) is 9.29. The standard InChI is InChI=1S/C12H18ClNO/c1-3-11(14-4-2)9-15-12-7-5-10(13)6-8-12/h5-8,11,14H,3-4,9H2,1-2H3. The van der Waals surface area contributed by atoms with Crippen molar-refractivity contribution in [2.24, 2.45) is 0 Å². The van der Waals surface area contributed by atoms with Gasteiger partial charge in [-0.05, 0) is 37.2 Å². The van der Waals surface area contributed by atoms with Crippen LogP contribution >= 0.6 is 11.6 Å². The fourth-order valence-electron chi connectivity index (χ4n) is 1.34. The zero-order chi connectivity index (χ0) is 11.1. The maximum Gasteiger partial charge on any atom is 0.119 e. The highest BCUT2D eigenvalue weighted by Crippen LogP contribution is 2.15. The van der Waals surface area contributed by atoms with E-state index >= 15 is 0 Å². The number of hydrogen-bond acceptors (Lipinski definition) is 2. The number of rotatable bonds is 6. The van der Waals surface area contributed by atoms with Gasteiger partial charge in [0.15, 0.2) is 0 Å². The molecule has 0 saturated heterocycles. The van der Waals surface area contributed by atoms with Crippen LogP contribution in [-0.4, -0.2) is 19.2 Å². The van der Waals surface area contributed by atoms with Gasteiger partial charge in [0.2, 0.25) is 0 Å². The zero-order valence-corrected chi connectivity index (χ0v) is 10.1. The molecule has 1 atom stereocenters. The molecule has 1 N–H and O–H groups in total. The Balaban J connectivity index is 2.38. The molecule has 0 aliphatic carbocycles. The van der Waals surface area contributed by atoms with Crippen LogP contribution in [0.2, 0.25) is 5.02 Å². The van der Waals surface area contributed by atoms with Gasteiger partial charge < -0.3 is 10.1 Å². The van der Waals surface area contributed by atoms with E-state index in [9.17, 15) is 0 Å². The SMILES string of the molecule is CCNC(CC)COc1ccc(Cl)cc1. The van der Waals surface area contributed by atoms with E-state index in [2.05, 4.69) is 19.2 Å². The van der Waals surface area contributed by atoms with E-state index in [0.717, 1.165) is 23.7 Å². The van der Waals surface area contributed by atoms with Gasteiger partial charge >= 0.3 is 0 Å². The topological polar surface area (TPSA) is 21.3 Å². The quantitative estimate of drug-likeness (QED) is 0.807. The molecule has 0 aliphatic heterocycles. The van der Waals surface area contributed by atoms with Crippen molar-refractivity contribution in [3.05, 3.63) is 29.3 Å². The van der Waals surface area contributed by atoms with Gasteiger partial charge in [0.05, 0.1) is 0 Å². The molecule has 0 radical (unpaired) electrons. The molecule has 0 aromatic heterocycles. The summed E-state index contributed by atoms with van der Waals surface area (Å²) < 4.78 is 5.65. The first-order chi connectivity index (χ1) is 7.26. The van der Waals surface area contributed by atoms with E-state index in [4.69, 9.17) is 16.3 Å². The Kier molecular flexibility index (Phi) is 5.51. The first-order valence-electron chi connectivity index (χ1n) is 5.38. The summed E-state index contributed by atoms with van der Waals surface area (Å²) in [5, 5.41) is 4.10. The van der Waals surface area contributed by atoms with Crippen molar-refractivity contribution >= 4 is 11.6 Å². The van der Waals surface area contributed by atoms with E-state index in [-0.39, 0.29) is 0 Å². The molecule has 0 spiro atoms. The maximum atomic E-state index is 5.78. The van der Waals surface area contributed by atoms with Gasteiger partial charge in [-0.15, -0.1) is 0 Å². The van der Waals surface area contributed by atoms with Crippen molar-refractivity contribution in [2.45, 2.75) is 26.3 Å². The van der Waals surface area contributed by atoms with Crippen molar-refractivity contribution in [1.29, 1.82) is 0 Å². The third-order valence-electron chi connectivity index (χ3n) is 2.25. The summed E-state index contributed by atoms with van der Waals surface area (Å²) >= 11 is 5.78. The third kappa shape index (κ3) is 4.54. The molecule has 3 heteroatoms. The van der Waals surface area contributed by atoms with Crippen LogP contribution in [0.5, 0.6) is 5.75 Å². The van der Waals surface area contributed by atoms with Crippen LogP contribution in [0, 0.1) is 0 Å². The van der Waals surface area contributed by atoms with Gasteiger partial charge in [0.25, 0.3) is 0 Å². The third-order valence-corrected chi connectivity index (χ3v) is 2.50. The minimum Gasteiger partial charge on any atom is -0.492 e. The highest BCUT2D eigenvalue weighted by atomic mass is 35.5. The molecule has 15 heavy (non-hydrogen) atoms. The number of benzene rings is 1. The largest absolute Gasteiger partial charge is 0.492 e. The predicted octanol–water partition coefficient (Wildman–Crippen LogP) is 3.11. The Morgan fingerprint density at radius 1 is 1.27 bits per heavy atom. The van der Waals surface area contributed by atoms with Crippen molar-refractivity contribution in [2.75, 3.05) is 13.2 Å². The van der Waals surface area contributed by atoms with Crippen LogP contribution in [0.25, 0.3) is 0 Å². The van der Waals surface area contributed by atoms with Gasteiger partial charge in [0.1, 0.15) is 12.4 Å². The van der Waals surface area contributed by atoms with Crippen molar-refractivity contribution in [3.8, 4) is 5.75 Å². The van der Waals surface area contributed by atoms with Gasteiger partial charge in [-0.1, -0.05) is 25.4 Å². The molecule has 0 amide bonds. The number of nitrogens with one attached hydrogen (secondary N) is 1. The van der Waals surface area contributed by atoms with Crippen LogP contribution < -0.4 is 10.1 Å². The summed E-state index contributed by atoms with van der Waals surface area (Å²) in [6, 6.07) is 7.88. The molecule has 84 valence electrons. The normalized spacial score (nSPS) is 12.5. The minimum absolute atomic E-state index is 0.422. The summed E-state index contributed by atoms with van der Waals surface area (Å²) in [5.41, 5.74) is 0. The van der Waals surface area contributed by atoms with Gasteiger partial charge in [-0.2, -0.15) is 0 Å².